The molecule has 4 atom stereocenters. The van der Waals surface area contributed by atoms with Gasteiger partial charge in [-0.2, -0.15) is 5.10 Å². The number of carbonyl (C=O) groups excluding carboxylic acids is 3. The van der Waals surface area contributed by atoms with Crippen molar-refractivity contribution in [3.8, 4) is 0 Å². The third kappa shape index (κ3) is 6.85. The van der Waals surface area contributed by atoms with Crippen molar-refractivity contribution in [2.75, 3.05) is 19.8 Å². The van der Waals surface area contributed by atoms with Gasteiger partial charge in [0.05, 0.1) is 29.1 Å². The van der Waals surface area contributed by atoms with Gasteiger partial charge in [-0.05, 0) is 60.6 Å². The first-order chi connectivity index (χ1) is 23.8. The fraction of sp³-hybridized carbons (Fsp3) is 0.472. The van der Waals surface area contributed by atoms with Crippen LogP contribution in [0.3, 0.4) is 0 Å². The Kier molecular flexibility index (Phi) is 10.0. The molecule has 1 saturated heterocycles. The molecule has 4 N–H and O–H groups in total. The van der Waals surface area contributed by atoms with Gasteiger partial charge >= 0.3 is 0 Å². The first-order valence-electron chi connectivity index (χ1n) is 16.9. The summed E-state index contributed by atoms with van der Waals surface area (Å²) in [6.07, 6.45) is 0.948. The second kappa shape index (κ2) is 14.1. The average Bonchev–Trinajstić information content (AvgIpc) is 3.82. The Bertz CT molecular complexity index is 1880. The van der Waals surface area contributed by atoms with Gasteiger partial charge in [-0.25, -0.2) is 13.8 Å². The van der Waals surface area contributed by atoms with E-state index in [9.17, 15) is 23.2 Å². The molecule has 11 nitrogen and oxygen atoms in total. The number of ether oxygens (including phenoxy) is 1. The second-order valence-electron chi connectivity index (χ2n) is 13.7. The number of hydrogen-bond acceptors (Lipinski definition) is 6. The summed E-state index contributed by atoms with van der Waals surface area (Å²) >= 11 is 6.72. The number of hydrogen-bond donors (Lipinski definition) is 4. The molecule has 1 saturated carbocycles. The van der Waals surface area contributed by atoms with E-state index >= 15 is 0 Å². The number of benzene rings is 2. The highest BCUT2D eigenvalue weighted by Crippen LogP contribution is 2.45. The standard InChI is InChI=1S/C36H42ClF2N7O4/c1-5-40-33(48)29(21-17-36(38,39)18-21)45-34(49)35(13-15-50-19-35)22-10-11-25-26(16-22)43-31(42-25)30(44-32(47)27-12-14-41-46(27)4)28(20(2)3)23-8-6-7-9-24(23)37/h6-12,14,16,20-21,28-30H,5,13,15,17-19H2,1-4H3,(H,40,48)(H,42,43)(H,44,47)(H,45,49)/t28-,29+,30-,35?/m0/s1. The van der Waals surface area contributed by atoms with Crippen molar-refractivity contribution in [1.82, 2.24) is 35.7 Å². The molecule has 3 amide bonds. The summed E-state index contributed by atoms with van der Waals surface area (Å²) in [5.74, 6) is -4.59. The maximum atomic E-state index is 14.1. The average molecular weight is 710 g/mol. The van der Waals surface area contributed by atoms with Crippen LogP contribution < -0.4 is 16.0 Å². The minimum Gasteiger partial charge on any atom is -0.380 e. The molecule has 2 aromatic heterocycles. The first-order valence-corrected chi connectivity index (χ1v) is 17.3. The van der Waals surface area contributed by atoms with Crippen molar-refractivity contribution in [3.05, 3.63) is 82.4 Å². The number of likely N-dealkylation sites (N-methyl/N-ethyl adjacent to an activating group) is 1. The van der Waals surface area contributed by atoms with Gasteiger partial charge in [-0.3, -0.25) is 19.1 Å². The maximum Gasteiger partial charge on any atom is 0.270 e. The van der Waals surface area contributed by atoms with Crippen molar-refractivity contribution in [3.63, 3.8) is 0 Å². The van der Waals surface area contributed by atoms with Gasteiger partial charge in [-0.15, -0.1) is 0 Å². The predicted molar refractivity (Wildman–Crippen MR) is 184 cm³/mol. The molecular weight excluding hydrogens is 668 g/mol. The molecule has 2 aromatic carbocycles. The van der Waals surface area contributed by atoms with Gasteiger partial charge in [0.25, 0.3) is 5.91 Å². The van der Waals surface area contributed by atoms with Crippen LogP contribution in [0, 0.1) is 11.8 Å². The van der Waals surface area contributed by atoms with Crippen molar-refractivity contribution in [2.24, 2.45) is 18.9 Å². The molecule has 1 aliphatic heterocycles. The Morgan fingerprint density at radius 3 is 2.50 bits per heavy atom. The lowest BCUT2D eigenvalue weighted by atomic mass is 9.74. The van der Waals surface area contributed by atoms with E-state index < -0.39 is 54.0 Å². The molecule has 2 fully saturated rings. The van der Waals surface area contributed by atoms with Crippen LogP contribution in [0.2, 0.25) is 5.02 Å². The van der Waals surface area contributed by atoms with E-state index in [0.717, 1.165) is 5.56 Å². The molecule has 50 heavy (non-hydrogen) atoms. The lowest BCUT2D eigenvalue weighted by Crippen LogP contribution is -2.59. The van der Waals surface area contributed by atoms with Gasteiger partial charge in [-0.1, -0.05) is 49.7 Å². The van der Waals surface area contributed by atoms with Gasteiger partial charge in [0.1, 0.15) is 17.6 Å². The zero-order valence-electron chi connectivity index (χ0n) is 28.4. The Morgan fingerprint density at radius 1 is 1.12 bits per heavy atom. The minimum atomic E-state index is -2.85. The number of nitrogens with one attached hydrogen (secondary N) is 4. The van der Waals surface area contributed by atoms with Gasteiger partial charge < -0.3 is 25.7 Å². The number of carbonyl (C=O) groups is 3. The molecular formula is C36H42ClF2N7O4. The van der Waals surface area contributed by atoms with Crippen LogP contribution in [0.4, 0.5) is 8.78 Å². The number of amides is 3. The summed E-state index contributed by atoms with van der Waals surface area (Å²) in [7, 11) is 1.69. The summed E-state index contributed by atoms with van der Waals surface area (Å²) in [6, 6.07) is 12.9. The van der Waals surface area contributed by atoms with Gasteiger partial charge in [0.15, 0.2) is 0 Å². The number of halogens is 3. The van der Waals surface area contributed by atoms with Crippen LogP contribution >= 0.6 is 11.6 Å². The highest BCUT2D eigenvalue weighted by Gasteiger charge is 2.53. The van der Waals surface area contributed by atoms with E-state index in [2.05, 4.69) is 39.9 Å². The molecule has 266 valence electrons. The number of imidazole rings is 1. The molecule has 2 aliphatic rings. The fourth-order valence-corrected chi connectivity index (χ4v) is 7.55. The van der Waals surface area contributed by atoms with Crippen molar-refractivity contribution < 1.29 is 27.9 Å². The summed E-state index contributed by atoms with van der Waals surface area (Å²) in [5, 5.41) is 13.4. The van der Waals surface area contributed by atoms with E-state index in [-0.39, 0.29) is 24.3 Å². The number of aromatic amines is 1. The van der Waals surface area contributed by atoms with E-state index in [1.54, 1.807) is 26.2 Å². The zero-order chi connectivity index (χ0) is 35.8. The van der Waals surface area contributed by atoms with Crippen LogP contribution in [0.15, 0.2) is 54.7 Å². The van der Waals surface area contributed by atoms with Crippen LogP contribution in [-0.2, 0) is 26.8 Å². The Hall–Kier alpha value is -4.36. The molecule has 0 bridgehead atoms. The molecule has 14 heteroatoms. The van der Waals surface area contributed by atoms with Gasteiger partial charge in [0, 0.05) is 50.2 Å². The molecule has 3 heterocycles. The summed E-state index contributed by atoms with van der Waals surface area (Å²) in [5.41, 5.74) is 1.91. The molecule has 6 rings (SSSR count). The quantitative estimate of drug-likeness (QED) is 0.160. The van der Waals surface area contributed by atoms with Crippen LogP contribution in [0.5, 0.6) is 0 Å². The lowest BCUT2D eigenvalue weighted by molar-refractivity contribution is -0.146. The smallest absolute Gasteiger partial charge is 0.270 e. The number of fused-ring (bicyclic) bond motifs is 1. The summed E-state index contributed by atoms with van der Waals surface area (Å²) in [6.45, 7) is 6.51. The minimum absolute atomic E-state index is 0.0200. The van der Waals surface area contributed by atoms with Crippen molar-refractivity contribution >= 4 is 40.4 Å². The van der Waals surface area contributed by atoms with Crippen LogP contribution in [0.25, 0.3) is 11.0 Å². The maximum absolute atomic E-state index is 14.1. The van der Waals surface area contributed by atoms with Crippen LogP contribution in [-0.4, -0.2) is 69.2 Å². The zero-order valence-corrected chi connectivity index (χ0v) is 29.2. The number of H-pyrrole nitrogens is 1. The van der Waals surface area contributed by atoms with E-state index in [4.69, 9.17) is 21.3 Å². The highest BCUT2D eigenvalue weighted by atomic mass is 35.5. The topological polar surface area (TPSA) is 143 Å². The third-order valence-electron chi connectivity index (χ3n) is 10.00. The molecule has 0 spiro atoms. The molecule has 1 aliphatic carbocycles. The number of nitrogens with zero attached hydrogens (tertiary/aromatic N) is 3. The van der Waals surface area contributed by atoms with E-state index in [1.165, 1.54) is 4.68 Å². The van der Waals surface area contributed by atoms with E-state index in [1.807, 2.05) is 42.5 Å². The number of aryl methyl sites for hydroxylation is 1. The Morgan fingerprint density at radius 2 is 1.88 bits per heavy atom. The number of aromatic nitrogens is 4. The normalized spacial score (nSPS) is 20.6. The van der Waals surface area contributed by atoms with Crippen molar-refractivity contribution in [1.29, 1.82) is 0 Å². The number of alkyl halides is 2. The molecule has 0 radical (unpaired) electrons. The second-order valence-corrected chi connectivity index (χ2v) is 14.1. The van der Waals surface area contributed by atoms with Crippen molar-refractivity contribution in [2.45, 2.75) is 69.4 Å². The first kappa shape index (κ1) is 35.5. The monoisotopic (exact) mass is 709 g/mol. The third-order valence-corrected chi connectivity index (χ3v) is 10.3. The SMILES string of the molecule is CCNC(=O)[C@H](NC(=O)C1(c2ccc3[nH]c([C@@H](NC(=O)c4ccnn4C)[C@H](c4ccccc4Cl)C(C)C)nc3c2)CCOC1)C1CC(F)(F)C1. The predicted octanol–water partition coefficient (Wildman–Crippen LogP) is 5.19. The summed E-state index contributed by atoms with van der Waals surface area (Å²) < 4.78 is 34.9. The summed E-state index contributed by atoms with van der Waals surface area (Å²) in [4.78, 5) is 49.1. The highest BCUT2D eigenvalue weighted by molar-refractivity contribution is 6.31. The van der Waals surface area contributed by atoms with E-state index in [0.29, 0.717) is 52.7 Å². The fourth-order valence-electron chi connectivity index (χ4n) is 7.29. The van der Waals surface area contributed by atoms with Gasteiger partial charge in [0.2, 0.25) is 17.7 Å². The largest absolute Gasteiger partial charge is 0.380 e. The molecule has 1 unspecified atom stereocenters. The Balaban J connectivity index is 1.36. The van der Waals surface area contributed by atoms with Crippen LogP contribution in [0.1, 0.15) is 79.4 Å². The Labute approximate surface area is 293 Å². The number of rotatable bonds is 12. The molecule has 4 aromatic rings. The lowest BCUT2D eigenvalue weighted by Gasteiger charge is -2.40.